The van der Waals surface area contributed by atoms with E-state index in [1.54, 1.807) is 0 Å². The Hall–Kier alpha value is -1.55. The van der Waals surface area contributed by atoms with Gasteiger partial charge in [0.1, 0.15) is 5.60 Å². The summed E-state index contributed by atoms with van der Waals surface area (Å²) in [5.41, 5.74) is 7.91. The van der Waals surface area contributed by atoms with Crippen LogP contribution in [-0.4, -0.2) is 18.2 Å². The van der Waals surface area contributed by atoms with Crippen LogP contribution in [0.4, 0.5) is 4.79 Å². The molecule has 0 spiro atoms. The number of nitrogens with one attached hydrogen (secondary N) is 1. The van der Waals surface area contributed by atoms with E-state index in [1.807, 2.05) is 32.9 Å². The smallest absolute Gasteiger partial charge is 0.407 e. The number of carbonyl (C=O) groups excluding carboxylic acids is 1. The fourth-order valence-corrected chi connectivity index (χ4v) is 2.00. The average Bonchev–Trinajstić information content (AvgIpc) is 2.34. The van der Waals surface area contributed by atoms with Crippen molar-refractivity contribution in [2.24, 2.45) is 11.7 Å². The van der Waals surface area contributed by atoms with E-state index in [0.717, 1.165) is 12.0 Å². The van der Waals surface area contributed by atoms with Crippen LogP contribution < -0.4 is 11.1 Å². The van der Waals surface area contributed by atoms with Gasteiger partial charge in [0.25, 0.3) is 0 Å². The van der Waals surface area contributed by atoms with Crippen molar-refractivity contribution in [3.63, 3.8) is 0 Å². The van der Waals surface area contributed by atoms with Crippen molar-refractivity contribution in [3.05, 3.63) is 35.4 Å². The van der Waals surface area contributed by atoms with E-state index in [9.17, 15) is 4.79 Å². The summed E-state index contributed by atoms with van der Waals surface area (Å²) in [6, 6.07) is 8.02. The van der Waals surface area contributed by atoms with Crippen LogP contribution in [0.25, 0.3) is 0 Å². The third-order valence-electron chi connectivity index (χ3n) is 2.92. The highest BCUT2D eigenvalue weighted by Gasteiger charge is 2.16. The van der Waals surface area contributed by atoms with Crippen LogP contribution in [0.5, 0.6) is 0 Å². The Labute approximate surface area is 128 Å². The lowest BCUT2D eigenvalue weighted by Gasteiger charge is -2.21. The van der Waals surface area contributed by atoms with Gasteiger partial charge in [0.15, 0.2) is 0 Å². The van der Waals surface area contributed by atoms with E-state index in [1.165, 1.54) is 5.56 Å². The largest absolute Gasteiger partial charge is 0.444 e. The Morgan fingerprint density at radius 2 is 1.81 bits per heavy atom. The van der Waals surface area contributed by atoms with E-state index in [4.69, 9.17) is 10.5 Å². The zero-order valence-electron chi connectivity index (χ0n) is 13.8. The molecule has 0 radical (unpaired) electrons. The minimum Gasteiger partial charge on any atom is -0.444 e. The molecule has 1 rings (SSSR count). The molecule has 1 amide bonds. The quantitative estimate of drug-likeness (QED) is 0.874. The van der Waals surface area contributed by atoms with Gasteiger partial charge in [0.2, 0.25) is 0 Å². The molecule has 4 heteroatoms. The first-order valence-electron chi connectivity index (χ1n) is 7.48. The molecular weight excluding hydrogens is 264 g/mol. The Balaban J connectivity index is 2.48. The molecule has 0 aromatic heterocycles. The van der Waals surface area contributed by atoms with Gasteiger partial charge in [-0.3, -0.25) is 0 Å². The maximum atomic E-state index is 11.6. The molecule has 4 nitrogen and oxygen atoms in total. The van der Waals surface area contributed by atoms with Gasteiger partial charge in [-0.05, 0) is 44.2 Å². The Bertz CT molecular complexity index is 447. The summed E-state index contributed by atoms with van der Waals surface area (Å²) >= 11 is 0. The maximum Gasteiger partial charge on any atom is 0.407 e. The lowest BCUT2D eigenvalue weighted by atomic mass is 10.00. The molecule has 0 saturated carbocycles. The topological polar surface area (TPSA) is 64.3 Å². The maximum absolute atomic E-state index is 11.6. The van der Waals surface area contributed by atoms with Gasteiger partial charge >= 0.3 is 6.09 Å². The predicted molar refractivity (Wildman–Crippen MR) is 86.1 cm³/mol. The van der Waals surface area contributed by atoms with Crippen LogP contribution in [-0.2, 0) is 11.2 Å². The lowest BCUT2D eigenvalue weighted by molar-refractivity contribution is 0.0524. The summed E-state index contributed by atoms with van der Waals surface area (Å²) in [6.45, 7) is 10.3. The second-order valence-electron chi connectivity index (χ2n) is 6.83. The van der Waals surface area contributed by atoms with Crippen LogP contribution >= 0.6 is 0 Å². The van der Waals surface area contributed by atoms with Crippen molar-refractivity contribution in [2.45, 2.75) is 52.7 Å². The second kappa shape index (κ2) is 7.46. The first-order chi connectivity index (χ1) is 9.67. The Morgan fingerprint density at radius 3 is 2.29 bits per heavy atom. The van der Waals surface area contributed by atoms with Crippen LogP contribution in [0.2, 0.25) is 0 Å². The van der Waals surface area contributed by atoms with Crippen molar-refractivity contribution in [3.8, 4) is 0 Å². The number of nitrogens with two attached hydrogens (primary N) is 1. The third-order valence-corrected chi connectivity index (χ3v) is 2.92. The number of amides is 1. The highest BCUT2D eigenvalue weighted by atomic mass is 16.6. The van der Waals surface area contributed by atoms with Gasteiger partial charge in [0.05, 0.1) is 0 Å². The molecular formula is C17H28N2O2. The van der Waals surface area contributed by atoms with E-state index >= 15 is 0 Å². The molecule has 1 atom stereocenters. The van der Waals surface area contributed by atoms with Crippen molar-refractivity contribution in [1.82, 2.24) is 5.32 Å². The van der Waals surface area contributed by atoms with E-state index in [2.05, 4.69) is 31.3 Å². The van der Waals surface area contributed by atoms with E-state index in [-0.39, 0.29) is 6.04 Å². The molecule has 118 valence electrons. The van der Waals surface area contributed by atoms with Crippen molar-refractivity contribution < 1.29 is 9.53 Å². The summed E-state index contributed by atoms with van der Waals surface area (Å²) < 4.78 is 5.18. The van der Waals surface area contributed by atoms with Gasteiger partial charge in [-0.2, -0.15) is 0 Å². The van der Waals surface area contributed by atoms with Crippen LogP contribution in [0.1, 0.15) is 51.8 Å². The lowest BCUT2D eigenvalue weighted by Crippen LogP contribution is -2.36. The summed E-state index contributed by atoms with van der Waals surface area (Å²) in [6.07, 6.45) is 0.625. The molecule has 0 aliphatic carbocycles. The van der Waals surface area contributed by atoms with Crippen molar-refractivity contribution in [2.75, 3.05) is 6.54 Å². The highest BCUT2D eigenvalue weighted by molar-refractivity contribution is 5.67. The first kappa shape index (κ1) is 17.5. The van der Waals surface area contributed by atoms with Gasteiger partial charge in [-0.1, -0.05) is 38.1 Å². The average molecular weight is 292 g/mol. The van der Waals surface area contributed by atoms with Crippen LogP contribution in [0, 0.1) is 5.92 Å². The molecule has 21 heavy (non-hydrogen) atoms. The zero-order valence-corrected chi connectivity index (χ0v) is 13.8. The summed E-state index contributed by atoms with van der Waals surface area (Å²) in [5, 5.41) is 2.70. The van der Waals surface area contributed by atoms with Gasteiger partial charge < -0.3 is 15.8 Å². The molecule has 0 fully saturated rings. The summed E-state index contributed by atoms with van der Waals surface area (Å²) in [5.74, 6) is 0.637. The molecule has 1 aromatic rings. The Kier molecular flexibility index (Phi) is 6.21. The molecule has 1 aromatic carbocycles. The van der Waals surface area contributed by atoms with E-state index < -0.39 is 11.7 Å². The number of ether oxygens (including phenoxy) is 1. The van der Waals surface area contributed by atoms with E-state index in [0.29, 0.717) is 12.5 Å². The molecule has 0 saturated heterocycles. The normalized spacial score (nSPS) is 13.1. The van der Waals surface area contributed by atoms with Crippen LogP contribution in [0.3, 0.4) is 0 Å². The second-order valence-corrected chi connectivity index (χ2v) is 6.83. The fourth-order valence-electron chi connectivity index (χ4n) is 2.00. The number of carbonyl (C=O) groups is 1. The molecule has 0 aliphatic heterocycles. The summed E-state index contributed by atoms with van der Waals surface area (Å²) in [7, 11) is 0. The SMILES string of the molecule is CC(C)Cc1ccc(C(N)CNC(=O)OC(C)(C)C)cc1. The minimum atomic E-state index is -0.493. The fraction of sp³-hybridized carbons (Fsp3) is 0.588. The number of benzene rings is 1. The number of rotatable bonds is 5. The summed E-state index contributed by atoms with van der Waals surface area (Å²) in [4.78, 5) is 11.6. The number of hydrogen-bond donors (Lipinski definition) is 2. The van der Waals surface area contributed by atoms with Gasteiger partial charge in [-0.25, -0.2) is 4.79 Å². The van der Waals surface area contributed by atoms with Gasteiger partial charge in [-0.15, -0.1) is 0 Å². The van der Waals surface area contributed by atoms with Crippen LogP contribution in [0.15, 0.2) is 24.3 Å². The zero-order chi connectivity index (χ0) is 16.0. The molecule has 3 N–H and O–H groups in total. The highest BCUT2D eigenvalue weighted by Crippen LogP contribution is 2.14. The molecule has 1 unspecified atom stereocenters. The Morgan fingerprint density at radius 1 is 1.24 bits per heavy atom. The predicted octanol–water partition coefficient (Wildman–Crippen LogP) is 3.41. The third kappa shape index (κ3) is 7.14. The molecule has 0 heterocycles. The standard InChI is InChI=1S/C17H28N2O2/c1-12(2)10-13-6-8-14(9-7-13)15(18)11-19-16(20)21-17(3,4)5/h6-9,12,15H,10-11,18H2,1-5H3,(H,19,20). The molecule has 0 aliphatic rings. The number of alkyl carbamates (subject to hydrolysis) is 1. The number of hydrogen-bond acceptors (Lipinski definition) is 3. The monoisotopic (exact) mass is 292 g/mol. The molecule has 0 bridgehead atoms. The minimum absolute atomic E-state index is 0.231. The van der Waals surface area contributed by atoms with Crippen molar-refractivity contribution >= 4 is 6.09 Å². The first-order valence-corrected chi connectivity index (χ1v) is 7.48. The van der Waals surface area contributed by atoms with Crippen molar-refractivity contribution in [1.29, 1.82) is 0 Å². The van der Waals surface area contributed by atoms with Gasteiger partial charge in [0, 0.05) is 12.6 Å².